The number of hydrogen-bond donors (Lipinski definition) is 2. The first-order valence-corrected chi connectivity index (χ1v) is 5.72. The van der Waals surface area contributed by atoms with E-state index in [0.717, 1.165) is 5.82 Å². The minimum Gasteiger partial charge on any atom is -0.384 e. The maximum Gasteiger partial charge on any atom is 0.158 e. The molecule has 5 nitrogen and oxygen atoms in total. The molecular weight excluding hydrogens is 216 g/mol. The van der Waals surface area contributed by atoms with Crippen LogP contribution >= 0.6 is 0 Å². The highest BCUT2D eigenvalue weighted by Crippen LogP contribution is 2.22. The van der Waals surface area contributed by atoms with Crippen molar-refractivity contribution in [3.8, 4) is 0 Å². The van der Waals surface area contributed by atoms with Crippen molar-refractivity contribution in [2.45, 2.75) is 40.3 Å². The minimum atomic E-state index is 0.154. The van der Waals surface area contributed by atoms with E-state index in [1.165, 1.54) is 0 Å². The van der Waals surface area contributed by atoms with Crippen molar-refractivity contribution in [2.24, 2.45) is 5.41 Å². The molecule has 0 spiro atoms. The average Bonchev–Trinajstić information content (AvgIpc) is 2.15. The summed E-state index contributed by atoms with van der Waals surface area (Å²) >= 11 is 0. The van der Waals surface area contributed by atoms with Crippen LogP contribution in [0.3, 0.4) is 0 Å². The highest BCUT2D eigenvalue weighted by atomic mass is 16.5. The second kappa shape index (κ2) is 5.31. The number of ether oxygens (including phenoxy) is 1. The monoisotopic (exact) mass is 238 g/mol. The van der Waals surface area contributed by atoms with Crippen molar-refractivity contribution in [3.05, 3.63) is 11.9 Å². The molecule has 17 heavy (non-hydrogen) atoms. The molecule has 5 heteroatoms. The number of aromatic nitrogens is 2. The predicted molar refractivity (Wildman–Crippen MR) is 69.7 cm³/mol. The van der Waals surface area contributed by atoms with Gasteiger partial charge in [0, 0.05) is 19.2 Å². The van der Waals surface area contributed by atoms with Crippen LogP contribution in [0.15, 0.2) is 6.07 Å². The van der Waals surface area contributed by atoms with Gasteiger partial charge in [-0.1, -0.05) is 20.8 Å². The molecule has 1 aromatic heterocycles. The van der Waals surface area contributed by atoms with Crippen molar-refractivity contribution in [1.82, 2.24) is 9.97 Å². The van der Waals surface area contributed by atoms with E-state index in [1.807, 2.05) is 0 Å². The highest BCUT2D eigenvalue weighted by Gasteiger charge is 2.20. The number of hydrogen-bond acceptors (Lipinski definition) is 5. The number of nitrogens with zero attached hydrogens (tertiary/aromatic N) is 2. The molecule has 0 saturated heterocycles. The van der Waals surface area contributed by atoms with Crippen LogP contribution in [0.2, 0.25) is 0 Å². The van der Waals surface area contributed by atoms with Gasteiger partial charge < -0.3 is 15.8 Å². The van der Waals surface area contributed by atoms with Crippen molar-refractivity contribution in [2.75, 3.05) is 18.2 Å². The first-order valence-electron chi connectivity index (χ1n) is 5.72. The minimum absolute atomic E-state index is 0.154. The normalized spacial score (nSPS) is 13.5. The lowest BCUT2D eigenvalue weighted by molar-refractivity contribution is 0.178. The highest BCUT2D eigenvalue weighted by molar-refractivity contribution is 5.45. The van der Waals surface area contributed by atoms with Crippen LogP contribution in [0.5, 0.6) is 0 Å². The van der Waals surface area contributed by atoms with Crippen LogP contribution in [-0.4, -0.2) is 23.1 Å². The quantitative estimate of drug-likeness (QED) is 0.840. The molecule has 0 aromatic carbocycles. The lowest BCUT2D eigenvalue weighted by Gasteiger charge is -2.28. The van der Waals surface area contributed by atoms with Crippen molar-refractivity contribution >= 4 is 11.6 Å². The van der Waals surface area contributed by atoms with Gasteiger partial charge >= 0.3 is 0 Å². The molecule has 0 amide bonds. The Kier molecular flexibility index (Phi) is 4.28. The fourth-order valence-electron chi connectivity index (χ4n) is 1.22. The van der Waals surface area contributed by atoms with Gasteiger partial charge in [-0.2, -0.15) is 0 Å². The van der Waals surface area contributed by atoms with Gasteiger partial charge in [0.25, 0.3) is 0 Å². The Bertz CT molecular complexity index is 373. The summed E-state index contributed by atoms with van der Waals surface area (Å²) in [6.45, 7) is 9.00. The van der Waals surface area contributed by atoms with Gasteiger partial charge in [0.15, 0.2) is 5.82 Å². The van der Waals surface area contributed by atoms with Gasteiger partial charge in [-0.05, 0) is 12.3 Å². The summed E-state index contributed by atoms with van der Waals surface area (Å²) in [5.41, 5.74) is 5.88. The third kappa shape index (κ3) is 4.19. The van der Waals surface area contributed by atoms with Crippen LogP contribution in [0.25, 0.3) is 0 Å². The third-order valence-electron chi connectivity index (χ3n) is 2.73. The van der Waals surface area contributed by atoms with E-state index in [4.69, 9.17) is 10.5 Å². The number of rotatable bonds is 4. The van der Waals surface area contributed by atoms with Crippen molar-refractivity contribution in [1.29, 1.82) is 0 Å². The molecule has 0 bridgehead atoms. The summed E-state index contributed by atoms with van der Waals surface area (Å²) in [6.07, 6.45) is 0. The molecule has 1 aromatic rings. The molecule has 0 radical (unpaired) electrons. The molecule has 1 rings (SSSR count). The summed E-state index contributed by atoms with van der Waals surface area (Å²) in [4.78, 5) is 8.44. The van der Waals surface area contributed by atoms with E-state index in [1.54, 1.807) is 13.2 Å². The van der Waals surface area contributed by atoms with Crippen molar-refractivity contribution < 1.29 is 4.74 Å². The third-order valence-corrected chi connectivity index (χ3v) is 2.73. The molecule has 0 saturated carbocycles. The summed E-state index contributed by atoms with van der Waals surface area (Å²) in [6, 6.07) is 2.02. The lowest BCUT2D eigenvalue weighted by Crippen LogP contribution is -2.31. The topological polar surface area (TPSA) is 73.1 Å². The van der Waals surface area contributed by atoms with Gasteiger partial charge in [0.05, 0.1) is 0 Å². The molecule has 0 aliphatic carbocycles. The largest absolute Gasteiger partial charge is 0.384 e. The second-order valence-electron chi connectivity index (χ2n) is 5.26. The fourth-order valence-corrected chi connectivity index (χ4v) is 1.22. The summed E-state index contributed by atoms with van der Waals surface area (Å²) in [5.74, 6) is 1.79. The van der Waals surface area contributed by atoms with Gasteiger partial charge in [-0.3, -0.25) is 0 Å². The van der Waals surface area contributed by atoms with Crippen LogP contribution in [-0.2, 0) is 11.3 Å². The number of anilines is 2. The molecule has 96 valence electrons. The molecular formula is C12H22N4O. The van der Waals surface area contributed by atoms with E-state index in [-0.39, 0.29) is 11.5 Å². The number of methoxy groups -OCH3 is 1. The van der Waals surface area contributed by atoms with Crippen LogP contribution in [0.4, 0.5) is 11.6 Å². The van der Waals surface area contributed by atoms with Gasteiger partial charge in [-0.25, -0.2) is 9.97 Å². The fraction of sp³-hybridized carbons (Fsp3) is 0.667. The van der Waals surface area contributed by atoms with Crippen molar-refractivity contribution in [3.63, 3.8) is 0 Å². The number of nitrogens with two attached hydrogens (primary N) is 1. The standard InChI is InChI=1S/C12H22N4O/c1-8(12(2,3)4)14-10-6-9(13)15-11(16-10)7-17-5/h6,8H,7H2,1-5H3,(H3,13,14,15,16). The molecule has 0 fully saturated rings. The van der Waals surface area contributed by atoms with Gasteiger partial charge in [0.1, 0.15) is 18.2 Å². The average molecular weight is 238 g/mol. The molecule has 1 heterocycles. The SMILES string of the molecule is COCc1nc(N)cc(NC(C)C(C)(C)C)n1. The predicted octanol–water partition coefficient (Wildman–Crippen LogP) is 2.05. The van der Waals surface area contributed by atoms with E-state index in [9.17, 15) is 0 Å². The van der Waals surface area contributed by atoms with Gasteiger partial charge in [-0.15, -0.1) is 0 Å². The summed E-state index contributed by atoms with van der Waals surface area (Å²) in [5, 5.41) is 3.33. The number of nitrogen functional groups attached to an aromatic ring is 1. The van der Waals surface area contributed by atoms with Crippen LogP contribution in [0.1, 0.15) is 33.5 Å². The van der Waals surface area contributed by atoms with Gasteiger partial charge in [0.2, 0.25) is 0 Å². The Balaban J connectivity index is 2.84. The second-order valence-corrected chi connectivity index (χ2v) is 5.26. The zero-order valence-corrected chi connectivity index (χ0v) is 11.2. The maximum atomic E-state index is 5.73. The zero-order chi connectivity index (χ0) is 13.1. The Morgan fingerprint density at radius 3 is 2.59 bits per heavy atom. The molecule has 3 N–H and O–H groups in total. The summed E-state index contributed by atoms with van der Waals surface area (Å²) in [7, 11) is 1.61. The smallest absolute Gasteiger partial charge is 0.158 e. The summed E-state index contributed by atoms with van der Waals surface area (Å²) < 4.78 is 5.00. The molecule has 0 aliphatic heterocycles. The maximum absolute atomic E-state index is 5.73. The number of nitrogens with one attached hydrogen (secondary N) is 1. The van der Waals surface area contributed by atoms with E-state index in [0.29, 0.717) is 18.2 Å². The Morgan fingerprint density at radius 1 is 1.41 bits per heavy atom. The first kappa shape index (κ1) is 13.7. The van der Waals surface area contributed by atoms with E-state index >= 15 is 0 Å². The Labute approximate surface area is 103 Å². The Morgan fingerprint density at radius 2 is 2.06 bits per heavy atom. The van der Waals surface area contributed by atoms with E-state index < -0.39 is 0 Å². The van der Waals surface area contributed by atoms with E-state index in [2.05, 4.69) is 43.0 Å². The Hall–Kier alpha value is -1.36. The molecule has 1 atom stereocenters. The zero-order valence-electron chi connectivity index (χ0n) is 11.2. The molecule has 1 unspecified atom stereocenters. The first-order chi connectivity index (χ1) is 7.82. The van der Waals surface area contributed by atoms with Crippen LogP contribution in [0, 0.1) is 5.41 Å². The lowest BCUT2D eigenvalue weighted by atomic mass is 9.88. The van der Waals surface area contributed by atoms with Crippen LogP contribution < -0.4 is 11.1 Å². The molecule has 0 aliphatic rings.